The predicted octanol–water partition coefficient (Wildman–Crippen LogP) is 2.80. The topological polar surface area (TPSA) is 46.2 Å². The number of nitrogens with one attached hydrogen (secondary N) is 1. The highest BCUT2D eigenvalue weighted by molar-refractivity contribution is 9.10. The lowest BCUT2D eigenvalue weighted by Gasteiger charge is -2.14. The van der Waals surface area contributed by atoms with Gasteiger partial charge in [-0.1, -0.05) is 0 Å². The zero-order chi connectivity index (χ0) is 13.5. The zero-order valence-corrected chi connectivity index (χ0v) is 12.0. The van der Waals surface area contributed by atoms with Crippen LogP contribution >= 0.6 is 15.9 Å². The van der Waals surface area contributed by atoms with E-state index in [-0.39, 0.29) is 10.5 Å². The van der Waals surface area contributed by atoms with Crippen LogP contribution in [0.25, 0.3) is 0 Å². The molecule has 0 saturated heterocycles. The summed E-state index contributed by atoms with van der Waals surface area (Å²) in [6, 6.07) is 1.24. The van der Waals surface area contributed by atoms with Gasteiger partial charge >= 0.3 is 0 Å². The van der Waals surface area contributed by atoms with Gasteiger partial charge in [-0.25, -0.2) is 21.9 Å². The molecule has 1 atom stereocenters. The van der Waals surface area contributed by atoms with E-state index in [9.17, 15) is 17.2 Å². The second kappa shape index (κ2) is 4.86. The molecule has 1 unspecified atom stereocenters. The quantitative estimate of drug-likeness (QED) is 0.916. The van der Waals surface area contributed by atoms with Gasteiger partial charge in [0.1, 0.15) is 16.5 Å². The molecule has 1 aliphatic carbocycles. The molecule has 1 aromatic carbocycles. The van der Waals surface area contributed by atoms with E-state index >= 15 is 0 Å². The van der Waals surface area contributed by atoms with Gasteiger partial charge in [-0.3, -0.25) is 0 Å². The molecule has 1 aromatic rings. The number of hydrogen-bond acceptors (Lipinski definition) is 2. The molecular weight excluding hydrogens is 328 g/mol. The van der Waals surface area contributed by atoms with Crippen molar-refractivity contribution in [3.8, 4) is 0 Å². The first kappa shape index (κ1) is 13.9. The van der Waals surface area contributed by atoms with Gasteiger partial charge in [-0.05, 0) is 47.7 Å². The fourth-order valence-corrected chi connectivity index (χ4v) is 4.26. The first-order valence-electron chi connectivity index (χ1n) is 5.48. The van der Waals surface area contributed by atoms with Crippen molar-refractivity contribution in [3.05, 3.63) is 28.2 Å². The van der Waals surface area contributed by atoms with E-state index in [1.807, 2.05) is 0 Å². The van der Waals surface area contributed by atoms with Crippen LogP contribution in [0.3, 0.4) is 0 Å². The molecule has 0 aromatic heterocycles. The molecule has 18 heavy (non-hydrogen) atoms. The molecular formula is C11H12BrF2NO2S. The highest BCUT2D eigenvalue weighted by Gasteiger charge is 2.33. The molecule has 1 aliphatic rings. The van der Waals surface area contributed by atoms with Crippen LogP contribution in [-0.2, 0) is 10.0 Å². The molecule has 1 fully saturated rings. The Labute approximate surface area is 113 Å². The summed E-state index contributed by atoms with van der Waals surface area (Å²) in [4.78, 5) is -0.545. The van der Waals surface area contributed by atoms with Crippen molar-refractivity contribution >= 4 is 26.0 Å². The van der Waals surface area contributed by atoms with Gasteiger partial charge in [0.15, 0.2) is 0 Å². The average Bonchev–Trinajstić information content (AvgIpc) is 2.95. The SMILES string of the molecule is CC(NS(=O)(=O)c1c(F)cc(F)cc1Br)C1CC1. The van der Waals surface area contributed by atoms with Crippen LogP contribution < -0.4 is 4.72 Å². The zero-order valence-electron chi connectivity index (χ0n) is 9.58. The Morgan fingerprint density at radius 2 is 2.00 bits per heavy atom. The Morgan fingerprint density at radius 3 is 2.50 bits per heavy atom. The Kier molecular flexibility index (Phi) is 3.75. The summed E-state index contributed by atoms with van der Waals surface area (Å²) in [6.07, 6.45) is 1.94. The van der Waals surface area contributed by atoms with Gasteiger partial charge in [-0.2, -0.15) is 0 Å². The van der Waals surface area contributed by atoms with Crippen LogP contribution in [0.1, 0.15) is 19.8 Å². The largest absolute Gasteiger partial charge is 0.244 e. The lowest BCUT2D eigenvalue weighted by atomic mass is 10.2. The third-order valence-corrected chi connectivity index (χ3v) is 5.42. The number of benzene rings is 1. The van der Waals surface area contributed by atoms with Gasteiger partial charge in [-0.15, -0.1) is 0 Å². The Balaban J connectivity index is 2.34. The second-order valence-electron chi connectivity index (χ2n) is 4.45. The van der Waals surface area contributed by atoms with Crippen molar-refractivity contribution < 1.29 is 17.2 Å². The summed E-state index contributed by atoms with van der Waals surface area (Å²) in [5.74, 6) is -1.62. The van der Waals surface area contributed by atoms with Crippen LogP contribution in [0.15, 0.2) is 21.5 Å². The summed E-state index contributed by atoms with van der Waals surface area (Å²) in [6.45, 7) is 1.74. The fourth-order valence-electron chi connectivity index (χ4n) is 1.78. The van der Waals surface area contributed by atoms with Crippen LogP contribution in [0.4, 0.5) is 8.78 Å². The van der Waals surface area contributed by atoms with Gasteiger partial charge in [0.2, 0.25) is 10.0 Å². The van der Waals surface area contributed by atoms with E-state index in [1.54, 1.807) is 6.92 Å². The lowest BCUT2D eigenvalue weighted by Crippen LogP contribution is -2.34. The van der Waals surface area contributed by atoms with Crippen LogP contribution in [0.5, 0.6) is 0 Å². The van der Waals surface area contributed by atoms with Crippen molar-refractivity contribution in [1.29, 1.82) is 0 Å². The molecule has 100 valence electrons. The predicted molar refractivity (Wildman–Crippen MR) is 66.6 cm³/mol. The Bertz CT molecular complexity index is 549. The number of halogens is 3. The molecule has 1 saturated carbocycles. The Morgan fingerprint density at radius 1 is 1.39 bits per heavy atom. The molecule has 0 heterocycles. The molecule has 0 spiro atoms. The smallest absolute Gasteiger partial charge is 0.208 e. The average molecular weight is 340 g/mol. The van der Waals surface area contributed by atoms with E-state index < -0.39 is 26.6 Å². The van der Waals surface area contributed by atoms with E-state index in [0.717, 1.165) is 18.9 Å². The van der Waals surface area contributed by atoms with Gasteiger partial charge in [0, 0.05) is 16.6 Å². The van der Waals surface area contributed by atoms with Crippen molar-refractivity contribution in [2.75, 3.05) is 0 Å². The Hall–Kier alpha value is -0.530. The number of rotatable bonds is 4. The van der Waals surface area contributed by atoms with Crippen molar-refractivity contribution in [2.24, 2.45) is 5.92 Å². The minimum atomic E-state index is -3.98. The lowest BCUT2D eigenvalue weighted by molar-refractivity contribution is 0.520. The second-order valence-corrected chi connectivity index (χ2v) is 6.95. The minimum Gasteiger partial charge on any atom is -0.208 e. The highest BCUT2D eigenvalue weighted by Crippen LogP contribution is 2.34. The van der Waals surface area contributed by atoms with E-state index in [2.05, 4.69) is 20.7 Å². The van der Waals surface area contributed by atoms with E-state index in [0.29, 0.717) is 12.0 Å². The summed E-state index contributed by atoms with van der Waals surface area (Å²) < 4.78 is 52.8. The molecule has 0 bridgehead atoms. The maximum Gasteiger partial charge on any atom is 0.244 e. The van der Waals surface area contributed by atoms with Crippen molar-refractivity contribution in [2.45, 2.75) is 30.7 Å². The minimum absolute atomic E-state index is 0.115. The van der Waals surface area contributed by atoms with Gasteiger partial charge in [0.05, 0.1) is 0 Å². The third-order valence-electron chi connectivity index (χ3n) is 2.90. The number of sulfonamides is 1. The molecule has 2 rings (SSSR count). The monoisotopic (exact) mass is 339 g/mol. The highest BCUT2D eigenvalue weighted by atomic mass is 79.9. The maximum atomic E-state index is 13.6. The molecule has 0 radical (unpaired) electrons. The van der Waals surface area contributed by atoms with Gasteiger partial charge in [0.25, 0.3) is 0 Å². The van der Waals surface area contributed by atoms with E-state index in [4.69, 9.17) is 0 Å². The number of hydrogen-bond donors (Lipinski definition) is 1. The normalized spacial score (nSPS) is 17.8. The molecule has 3 nitrogen and oxygen atoms in total. The fraction of sp³-hybridized carbons (Fsp3) is 0.455. The maximum absolute atomic E-state index is 13.6. The molecule has 0 amide bonds. The first-order valence-corrected chi connectivity index (χ1v) is 7.76. The van der Waals surface area contributed by atoms with Crippen LogP contribution in [0, 0.1) is 17.6 Å². The molecule has 1 N–H and O–H groups in total. The molecule has 0 aliphatic heterocycles. The molecule has 7 heteroatoms. The van der Waals surface area contributed by atoms with Crippen LogP contribution in [0.2, 0.25) is 0 Å². The third kappa shape index (κ3) is 2.89. The summed E-state index contributed by atoms with van der Waals surface area (Å²) in [5, 5.41) is 0. The van der Waals surface area contributed by atoms with Crippen molar-refractivity contribution in [1.82, 2.24) is 4.72 Å². The summed E-state index contributed by atoms with van der Waals surface area (Å²) in [7, 11) is -3.98. The van der Waals surface area contributed by atoms with E-state index in [1.165, 1.54) is 0 Å². The van der Waals surface area contributed by atoms with Crippen molar-refractivity contribution in [3.63, 3.8) is 0 Å². The standard InChI is InChI=1S/C11H12BrF2NO2S/c1-6(7-2-3-7)15-18(16,17)11-9(12)4-8(13)5-10(11)14/h4-7,15H,2-3H2,1H3. The summed E-state index contributed by atoms with van der Waals surface area (Å²) in [5.41, 5.74) is 0. The first-order chi connectivity index (χ1) is 8.31. The van der Waals surface area contributed by atoms with Crippen LogP contribution in [-0.4, -0.2) is 14.5 Å². The summed E-state index contributed by atoms with van der Waals surface area (Å²) >= 11 is 2.88. The van der Waals surface area contributed by atoms with Gasteiger partial charge < -0.3 is 0 Å².